The Morgan fingerprint density at radius 2 is 2.53 bits per heavy atom. The largest absolute Gasteiger partial charge is 0.466 e. The summed E-state index contributed by atoms with van der Waals surface area (Å²) < 4.78 is 9.51. The number of methoxy groups -OCH3 is 1. The molecule has 1 saturated heterocycles. The number of furan rings is 1. The molecule has 2 N–H and O–H groups in total. The van der Waals surface area contributed by atoms with Crippen molar-refractivity contribution in [1.82, 2.24) is 10.7 Å². The van der Waals surface area contributed by atoms with Gasteiger partial charge < -0.3 is 14.5 Å². The zero-order valence-electron chi connectivity index (χ0n) is 9.95. The van der Waals surface area contributed by atoms with Crippen molar-refractivity contribution < 1.29 is 18.7 Å². The van der Waals surface area contributed by atoms with Gasteiger partial charge in [-0.2, -0.15) is 5.10 Å². The molecule has 1 aromatic rings. The Bertz CT molecular complexity index is 524. The number of hydrazone groups is 1. The molecule has 8 heteroatoms. The van der Waals surface area contributed by atoms with E-state index in [4.69, 9.17) is 4.42 Å². The summed E-state index contributed by atoms with van der Waals surface area (Å²) in [7, 11) is 1.25. The highest BCUT2D eigenvalue weighted by Gasteiger charge is 2.27. The molecule has 1 amide bonds. The quantitative estimate of drug-likeness (QED) is 0.359. The summed E-state index contributed by atoms with van der Waals surface area (Å²) in [5.41, 5.74) is 2.28. The van der Waals surface area contributed by atoms with Crippen LogP contribution in [-0.4, -0.2) is 30.7 Å². The molecule has 100 valence electrons. The molecular formula is C11H11N3O4S. The molecule has 1 aliphatic rings. The molecule has 7 nitrogen and oxygen atoms in total. The van der Waals surface area contributed by atoms with E-state index in [-0.39, 0.29) is 10.8 Å². The SMILES string of the molecule is COC(=O)/C=C1\S[C@H](N/N=C\c2ccco2)NC1=O. The fourth-order valence-corrected chi connectivity index (χ4v) is 2.12. The monoisotopic (exact) mass is 281 g/mol. The van der Waals surface area contributed by atoms with Crippen LogP contribution in [0.4, 0.5) is 0 Å². The maximum Gasteiger partial charge on any atom is 0.331 e. The smallest absolute Gasteiger partial charge is 0.331 e. The molecule has 0 unspecified atom stereocenters. The first-order valence-corrected chi connectivity index (χ1v) is 6.16. The van der Waals surface area contributed by atoms with Crippen LogP contribution in [0.2, 0.25) is 0 Å². The van der Waals surface area contributed by atoms with Gasteiger partial charge in [0.25, 0.3) is 5.91 Å². The van der Waals surface area contributed by atoms with E-state index < -0.39 is 11.5 Å². The molecule has 2 rings (SSSR count). The number of rotatable bonds is 4. The number of hydrogen-bond donors (Lipinski definition) is 2. The van der Waals surface area contributed by atoms with Crippen LogP contribution in [0.25, 0.3) is 0 Å². The fourth-order valence-electron chi connectivity index (χ4n) is 1.26. The van der Waals surface area contributed by atoms with Crippen LogP contribution < -0.4 is 10.7 Å². The van der Waals surface area contributed by atoms with Gasteiger partial charge in [-0.15, -0.1) is 0 Å². The number of thioether (sulfide) groups is 1. The average molecular weight is 281 g/mol. The van der Waals surface area contributed by atoms with Gasteiger partial charge in [-0.25, -0.2) is 4.79 Å². The van der Waals surface area contributed by atoms with Gasteiger partial charge in [0, 0.05) is 6.08 Å². The zero-order valence-corrected chi connectivity index (χ0v) is 10.8. The van der Waals surface area contributed by atoms with E-state index in [9.17, 15) is 9.59 Å². The summed E-state index contributed by atoms with van der Waals surface area (Å²) in [5, 5.41) is 6.52. The number of nitrogens with zero attached hydrogens (tertiary/aromatic N) is 1. The molecular weight excluding hydrogens is 270 g/mol. The number of amides is 1. The molecule has 1 fully saturated rings. The van der Waals surface area contributed by atoms with Gasteiger partial charge in [0.05, 0.1) is 24.5 Å². The first-order chi connectivity index (χ1) is 9.19. The Labute approximate surface area is 113 Å². The third-order valence-corrected chi connectivity index (χ3v) is 3.12. The fraction of sp³-hybridized carbons (Fsp3) is 0.182. The van der Waals surface area contributed by atoms with Gasteiger partial charge >= 0.3 is 5.97 Å². The number of esters is 1. The van der Waals surface area contributed by atoms with Gasteiger partial charge in [0.2, 0.25) is 0 Å². The Balaban J connectivity index is 1.89. The van der Waals surface area contributed by atoms with Crippen molar-refractivity contribution in [3.8, 4) is 0 Å². The molecule has 0 aliphatic carbocycles. The zero-order chi connectivity index (χ0) is 13.7. The van der Waals surface area contributed by atoms with Crippen molar-refractivity contribution in [3.63, 3.8) is 0 Å². The highest BCUT2D eigenvalue weighted by Crippen LogP contribution is 2.25. The van der Waals surface area contributed by atoms with Crippen molar-refractivity contribution in [3.05, 3.63) is 35.1 Å². The number of hydrogen-bond acceptors (Lipinski definition) is 7. The molecule has 0 saturated carbocycles. The molecule has 0 spiro atoms. The predicted molar refractivity (Wildman–Crippen MR) is 69.1 cm³/mol. The Kier molecular flexibility index (Phi) is 4.24. The molecule has 19 heavy (non-hydrogen) atoms. The summed E-state index contributed by atoms with van der Waals surface area (Å²) in [6.07, 6.45) is 4.15. The molecule has 0 bridgehead atoms. The molecule has 2 heterocycles. The van der Waals surface area contributed by atoms with Crippen molar-refractivity contribution in [1.29, 1.82) is 0 Å². The van der Waals surface area contributed by atoms with Crippen LogP contribution in [-0.2, 0) is 14.3 Å². The van der Waals surface area contributed by atoms with Crippen molar-refractivity contribution >= 4 is 29.9 Å². The second kappa shape index (κ2) is 6.10. The first kappa shape index (κ1) is 13.2. The average Bonchev–Trinajstić information content (AvgIpc) is 3.00. The van der Waals surface area contributed by atoms with E-state index in [1.54, 1.807) is 12.1 Å². The van der Waals surface area contributed by atoms with Gasteiger partial charge in [-0.3, -0.25) is 10.2 Å². The standard InChI is InChI=1S/C11H11N3O4S/c1-17-9(15)5-8-10(16)13-11(19-8)14-12-6-7-3-2-4-18-7/h2-6,11,14H,1H3,(H,13,16)/b8-5-,12-6-/t11-/m0/s1. The van der Waals surface area contributed by atoms with E-state index in [0.717, 1.165) is 17.8 Å². The second-order valence-electron chi connectivity index (χ2n) is 3.41. The maximum atomic E-state index is 11.5. The number of carbonyl (C=O) groups excluding carboxylic acids is 2. The Hall–Kier alpha value is -2.22. The van der Waals surface area contributed by atoms with Gasteiger partial charge in [0.15, 0.2) is 5.50 Å². The summed E-state index contributed by atoms with van der Waals surface area (Å²) in [4.78, 5) is 22.8. The maximum absolute atomic E-state index is 11.5. The van der Waals surface area contributed by atoms with Crippen molar-refractivity contribution in [2.45, 2.75) is 5.50 Å². The first-order valence-electron chi connectivity index (χ1n) is 5.28. The van der Waals surface area contributed by atoms with E-state index in [1.165, 1.54) is 19.6 Å². The van der Waals surface area contributed by atoms with Crippen LogP contribution in [0.3, 0.4) is 0 Å². The summed E-state index contributed by atoms with van der Waals surface area (Å²) in [5.74, 6) is -0.328. The summed E-state index contributed by atoms with van der Waals surface area (Å²) >= 11 is 1.14. The van der Waals surface area contributed by atoms with Gasteiger partial charge in [0.1, 0.15) is 5.76 Å². The van der Waals surface area contributed by atoms with E-state index in [1.807, 2.05) is 0 Å². The minimum absolute atomic E-state index is 0.276. The Morgan fingerprint density at radius 1 is 1.68 bits per heavy atom. The lowest BCUT2D eigenvalue weighted by Crippen LogP contribution is -2.34. The lowest BCUT2D eigenvalue weighted by Gasteiger charge is -2.05. The van der Waals surface area contributed by atoms with Crippen LogP contribution in [0.15, 0.2) is 38.9 Å². The highest BCUT2D eigenvalue weighted by atomic mass is 32.2. The molecule has 1 aliphatic heterocycles. The van der Waals surface area contributed by atoms with Gasteiger partial charge in [-0.05, 0) is 12.1 Å². The van der Waals surface area contributed by atoms with E-state index in [0.29, 0.717) is 5.76 Å². The summed E-state index contributed by atoms with van der Waals surface area (Å²) in [6, 6.07) is 3.48. The lowest BCUT2D eigenvalue weighted by atomic mass is 10.4. The number of ether oxygens (including phenoxy) is 1. The predicted octanol–water partition coefficient (Wildman–Crippen LogP) is 0.407. The van der Waals surface area contributed by atoms with E-state index in [2.05, 4.69) is 20.6 Å². The third-order valence-electron chi connectivity index (χ3n) is 2.11. The van der Waals surface area contributed by atoms with Gasteiger partial charge in [-0.1, -0.05) is 11.8 Å². The third kappa shape index (κ3) is 3.62. The topological polar surface area (TPSA) is 92.9 Å². The minimum Gasteiger partial charge on any atom is -0.466 e. The number of carbonyl (C=O) groups is 2. The summed E-state index contributed by atoms with van der Waals surface area (Å²) in [6.45, 7) is 0. The van der Waals surface area contributed by atoms with Crippen LogP contribution in [0.1, 0.15) is 5.76 Å². The normalized spacial score (nSPS) is 20.8. The molecule has 0 aromatic carbocycles. The molecule has 1 atom stereocenters. The molecule has 0 radical (unpaired) electrons. The minimum atomic E-state index is -0.572. The van der Waals surface area contributed by atoms with Crippen LogP contribution >= 0.6 is 11.8 Å². The van der Waals surface area contributed by atoms with Crippen LogP contribution in [0.5, 0.6) is 0 Å². The van der Waals surface area contributed by atoms with Crippen LogP contribution in [0, 0.1) is 0 Å². The highest BCUT2D eigenvalue weighted by molar-refractivity contribution is 8.05. The lowest BCUT2D eigenvalue weighted by molar-refractivity contribution is -0.135. The van der Waals surface area contributed by atoms with E-state index >= 15 is 0 Å². The Morgan fingerprint density at radius 3 is 3.21 bits per heavy atom. The number of nitrogens with one attached hydrogen (secondary N) is 2. The second-order valence-corrected chi connectivity index (χ2v) is 4.55. The molecule has 1 aromatic heterocycles. The van der Waals surface area contributed by atoms with Crippen molar-refractivity contribution in [2.75, 3.05) is 7.11 Å². The van der Waals surface area contributed by atoms with Crippen molar-refractivity contribution in [2.24, 2.45) is 5.10 Å².